The molecule has 0 bridgehead atoms. The lowest BCUT2D eigenvalue weighted by Gasteiger charge is -2.07. The van der Waals surface area contributed by atoms with Crippen LogP contribution >= 0.6 is 11.3 Å². The smallest absolute Gasteiger partial charge is 0.271 e. The second kappa shape index (κ2) is 8.26. The molecule has 25 heavy (non-hydrogen) atoms. The first-order valence-electron chi connectivity index (χ1n) is 7.86. The Balaban J connectivity index is 1.52. The van der Waals surface area contributed by atoms with Gasteiger partial charge in [0.25, 0.3) is 5.91 Å². The maximum absolute atomic E-state index is 12.0. The van der Waals surface area contributed by atoms with Crippen LogP contribution in [0, 0.1) is 6.92 Å². The Kier molecular flexibility index (Phi) is 5.59. The molecule has 4 nitrogen and oxygen atoms in total. The molecule has 0 aliphatic rings. The zero-order valence-corrected chi connectivity index (χ0v) is 14.6. The summed E-state index contributed by atoms with van der Waals surface area (Å²) in [7, 11) is 0. The van der Waals surface area contributed by atoms with Gasteiger partial charge in [-0.15, -0.1) is 11.3 Å². The fourth-order valence-electron chi connectivity index (χ4n) is 2.14. The summed E-state index contributed by atoms with van der Waals surface area (Å²) in [4.78, 5) is 13.0. The molecule has 1 amide bonds. The normalized spacial score (nSPS) is 10.8. The topological polar surface area (TPSA) is 50.7 Å². The lowest BCUT2D eigenvalue weighted by atomic mass is 10.2. The predicted molar refractivity (Wildman–Crippen MR) is 101 cm³/mol. The van der Waals surface area contributed by atoms with Gasteiger partial charge in [-0.1, -0.05) is 35.9 Å². The molecule has 5 heteroatoms. The van der Waals surface area contributed by atoms with Crippen LogP contribution in [-0.2, 0) is 6.61 Å². The lowest BCUT2D eigenvalue weighted by Crippen LogP contribution is -2.17. The van der Waals surface area contributed by atoms with E-state index < -0.39 is 0 Å². The zero-order chi connectivity index (χ0) is 17.5. The maximum Gasteiger partial charge on any atom is 0.271 e. The van der Waals surface area contributed by atoms with Crippen LogP contribution in [0.2, 0.25) is 0 Å². The van der Waals surface area contributed by atoms with E-state index in [9.17, 15) is 4.79 Å². The van der Waals surface area contributed by atoms with Crippen LogP contribution in [0.25, 0.3) is 0 Å². The van der Waals surface area contributed by atoms with Crippen LogP contribution in [0.4, 0.5) is 0 Å². The average molecular weight is 350 g/mol. The van der Waals surface area contributed by atoms with Gasteiger partial charge in [0, 0.05) is 10.4 Å². The third-order valence-electron chi connectivity index (χ3n) is 3.54. The molecule has 3 aromatic rings. The molecule has 0 spiro atoms. The second-order valence-corrected chi connectivity index (χ2v) is 6.49. The number of carbonyl (C=O) groups is 1. The van der Waals surface area contributed by atoms with Crippen LogP contribution in [0.1, 0.15) is 26.4 Å². The molecule has 0 aliphatic heterocycles. The summed E-state index contributed by atoms with van der Waals surface area (Å²) in [6.07, 6.45) is 1.63. The summed E-state index contributed by atoms with van der Waals surface area (Å²) in [6, 6.07) is 19.1. The van der Waals surface area contributed by atoms with Gasteiger partial charge in [-0.2, -0.15) is 5.10 Å². The number of nitrogens with zero attached hydrogens (tertiary/aromatic N) is 1. The molecule has 1 heterocycles. The highest BCUT2D eigenvalue weighted by atomic mass is 32.1. The van der Waals surface area contributed by atoms with Gasteiger partial charge in [-0.3, -0.25) is 4.79 Å². The molecule has 1 aromatic heterocycles. The summed E-state index contributed by atoms with van der Waals surface area (Å²) in [6.45, 7) is 2.55. The molecule has 0 aliphatic carbocycles. The number of benzene rings is 2. The first kappa shape index (κ1) is 16.9. The zero-order valence-electron chi connectivity index (χ0n) is 13.8. The highest BCUT2D eigenvalue weighted by molar-refractivity contribution is 7.11. The summed E-state index contributed by atoms with van der Waals surface area (Å²) >= 11 is 1.56. The Morgan fingerprint density at radius 2 is 1.88 bits per heavy atom. The van der Waals surface area contributed by atoms with Crippen molar-refractivity contribution in [2.45, 2.75) is 13.5 Å². The van der Waals surface area contributed by atoms with Crippen molar-refractivity contribution in [1.82, 2.24) is 5.43 Å². The van der Waals surface area contributed by atoms with E-state index >= 15 is 0 Å². The van der Waals surface area contributed by atoms with Crippen LogP contribution in [-0.4, -0.2) is 12.1 Å². The standard InChI is InChI=1S/C20H18N2O2S/c1-15-4-6-16(7-5-15)14-24-18-10-8-17(9-11-18)20(23)22-21-13-19-3-2-12-25-19/h2-13H,14H2,1H3,(H,22,23). The number of rotatable bonds is 6. The molecular formula is C20H18N2O2S. The van der Waals surface area contributed by atoms with Crippen molar-refractivity contribution in [3.8, 4) is 5.75 Å². The van der Waals surface area contributed by atoms with Crippen LogP contribution < -0.4 is 10.2 Å². The van der Waals surface area contributed by atoms with Crippen molar-refractivity contribution in [2.24, 2.45) is 5.10 Å². The monoisotopic (exact) mass is 350 g/mol. The van der Waals surface area contributed by atoms with Gasteiger partial charge in [0.05, 0.1) is 6.21 Å². The van der Waals surface area contributed by atoms with E-state index in [1.165, 1.54) is 5.56 Å². The van der Waals surface area contributed by atoms with Crippen LogP contribution in [0.15, 0.2) is 71.1 Å². The fraction of sp³-hybridized carbons (Fsp3) is 0.100. The molecule has 0 saturated carbocycles. The van der Waals surface area contributed by atoms with E-state index in [1.807, 2.05) is 29.6 Å². The summed E-state index contributed by atoms with van der Waals surface area (Å²) in [5.74, 6) is 0.470. The Bertz CT molecular complexity index is 838. The van der Waals surface area contributed by atoms with Gasteiger partial charge in [-0.25, -0.2) is 5.43 Å². The first-order chi connectivity index (χ1) is 12.2. The number of hydrogen-bond acceptors (Lipinski definition) is 4. The predicted octanol–water partition coefficient (Wildman–Crippen LogP) is 4.40. The molecule has 0 saturated heterocycles. The number of thiophene rings is 1. The average Bonchev–Trinajstić information content (AvgIpc) is 3.15. The first-order valence-corrected chi connectivity index (χ1v) is 8.74. The highest BCUT2D eigenvalue weighted by Crippen LogP contribution is 2.14. The Labute approximate surface area is 150 Å². The number of ether oxygens (including phenoxy) is 1. The molecule has 126 valence electrons. The fourth-order valence-corrected chi connectivity index (χ4v) is 2.72. The Morgan fingerprint density at radius 1 is 1.12 bits per heavy atom. The van der Waals surface area contributed by atoms with Gasteiger partial charge < -0.3 is 4.74 Å². The van der Waals surface area contributed by atoms with E-state index in [-0.39, 0.29) is 5.91 Å². The molecule has 1 N–H and O–H groups in total. The van der Waals surface area contributed by atoms with Gasteiger partial charge in [0.2, 0.25) is 0 Å². The molecular weight excluding hydrogens is 332 g/mol. The van der Waals surface area contributed by atoms with Crippen molar-refractivity contribution in [3.63, 3.8) is 0 Å². The minimum absolute atomic E-state index is 0.252. The number of hydrogen-bond donors (Lipinski definition) is 1. The van der Waals surface area contributed by atoms with Gasteiger partial charge in [0.1, 0.15) is 12.4 Å². The van der Waals surface area contributed by atoms with Gasteiger partial charge in [-0.05, 0) is 48.2 Å². The third-order valence-corrected chi connectivity index (χ3v) is 4.35. The van der Waals surface area contributed by atoms with Gasteiger partial charge in [0.15, 0.2) is 0 Å². The summed E-state index contributed by atoms with van der Waals surface area (Å²) in [5.41, 5.74) is 5.38. The third kappa shape index (κ3) is 5.02. The van der Waals surface area contributed by atoms with Crippen LogP contribution in [0.3, 0.4) is 0 Å². The maximum atomic E-state index is 12.0. The number of amides is 1. The molecule has 0 atom stereocenters. The molecule has 0 fully saturated rings. The van der Waals surface area contributed by atoms with Gasteiger partial charge >= 0.3 is 0 Å². The largest absolute Gasteiger partial charge is 0.489 e. The molecule has 0 unspecified atom stereocenters. The number of carbonyl (C=O) groups excluding carboxylic acids is 1. The van der Waals surface area contributed by atoms with E-state index in [0.29, 0.717) is 12.2 Å². The van der Waals surface area contributed by atoms with E-state index in [1.54, 1.807) is 41.8 Å². The lowest BCUT2D eigenvalue weighted by molar-refractivity contribution is 0.0955. The number of hydrazone groups is 1. The summed E-state index contributed by atoms with van der Waals surface area (Å²) in [5, 5.41) is 5.91. The quantitative estimate of drug-likeness (QED) is 0.529. The van der Waals surface area contributed by atoms with Crippen molar-refractivity contribution in [2.75, 3.05) is 0 Å². The minimum atomic E-state index is -0.252. The Morgan fingerprint density at radius 3 is 2.56 bits per heavy atom. The number of aryl methyl sites for hydroxylation is 1. The second-order valence-electron chi connectivity index (χ2n) is 5.51. The molecule has 0 radical (unpaired) electrons. The van der Waals surface area contributed by atoms with Crippen molar-refractivity contribution >= 4 is 23.5 Å². The molecule has 3 rings (SSSR count). The number of nitrogens with one attached hydrogen (secondary N) is 1. The van der Waals surface area contributed by atoms with Crippen molar-refractivity contribution in [3.05, 3.63) is 87.6 Å². The van der Waals surface area contributed by atoms with E-state index in [4.69, 9.17) is 4.74 Å². The van der Waals surface area contributed by atoms with E-state index in [0.717, 1.165) is 16.2 Å². The van der Waals surface area contributed by atoms with E-state index in [2.05, 4.69) is 29.6 Å². The van der Waals surface area contributed by atoms with Crippen molar-refractivity contribution < 1.29 is 9.53 Å². The Hall–Kier alpha value is -2.92. The SMILES string of the molecule is Cc1ccc(COc2ccc(C(=O)NN=Cc3cccs3)cc2)cc1. The highest BCUT2D eigenvalue weighted by Gasteiger charge is 2.04. The van der Waals surface area contributed by atoms with Crippen molar-refractivity contribution in [1.29, 1.82) is 0 Å². The minimum Gasteiger partial charge on any atom is -0.489 e. The van der Waals surface area contributed by atoms with Crippen LogP contribution in [0.5, 0.6) is 5.75 Å². The summed E-state index contributed by atoms with van der Waals surface area (Å²) < 4.78 is 5.74. The molecule has 2 aromatic carbocycles.